The Morgan fingerprint density at radius 2 is 1.56 bits per heavy atom. The Hall–Kier alpha value is -0.840. The number of esters is 2. The fraction of sp³-hybridized carbons (Fsp3) is 0.882. The van der Waals surface area contributed by atoms with E-state index >= 15 is 0 Å². The van der Waals surface area contributed by atoms with Gasteiger partial charge in [-0.25, -0.2) is 0 Å². The van der Waals surface area contributed by atoms with E-state index in [1.54, 1.807) is 6.92 Å². The molecule has 0 heterocycles. The Morgan fingerprint density at radius 3 is 2.21 bits per heavy atom. The maximum Gasteiger partial charge on any atom is 0.316 e. The van der Waals surface area contributed by atoms with Crippen LogP contribution in [0.1, 0.15) is 113 Å². The van der Waals surface area contributed by atoms with E-state index in [1.165, 1.54) is 44.1 Å². The lowest BCUT2D eigenvalue weighted by atomic mass is 9.32. The minimum atomic E-state index is -0.138. The number of carbonyl (C=O) groups excluding carboxylic acids is 2. The van der Waals surface area contributed by atoms with Crippen molar-refractivity contribution in [2.45, 2.75) is 119 Å². The molecule has 0 amide bonds. The number of hydrogen-bond acceptors (Lipinski definition) is 4. The summed E-state index contributed by atoms with van der Waals surface area (Å²) in [6, 6.07) is 0. The summed E-state index contributed by atoms with van der Waals surface area (Å²) in [6.07, 6.45) is 11.9. The van der Waals surface area contributed by atoms with Crippen molar-refractivity contribution in [3.05, 3.63) is 12.2 Å². The van der Waals surface area contributed by atoms with Gasteiger partial charge >= 0.3 is 11.9 Å². The molecule has 0 aromatic carbocycles. The molecule has 10 atom stereocenters. The first-order valence-electron chi connectivity index (χ1n) is 15.7. The molecule has 0 aliphatic heterocycles. The molecule has 220 valence electrons. The Labute approximate surface area is 245 Å². The second-order valence-electron chi connectivity index (χ2n) is 15.8. The van der Waals surface area contributed by atoms with Crippen molar-refractivity contribution in [1.82, 2.24) is 0 Å². The van der Waals surface area contributed by atoms with Gasteiger partial charge in [-0.3, -0.25) is 9.59 Å². The number of carbonyl (C=O) groups is 2. The van der Waals surface area contributed by atoms with Gasteiger partial charge in [0.2, 0.25) is 0 Å². The summed E-state index contributed by atoms with van der Waals surface area (Å²) in [5.74, 6) is 2.71. The highest BCUT2D eigenvalue weighted by Gasteiger charge is 2.71. The van der Waals surface area contributed by atoms with E-state index in [-0.39, 0.29) is 50.4 Å². The number of ether oxygens (including phenoxy) is 2. The third kappa shape index (κ3) is 4.23. The molecule has 5 saturated carbocycles. The molecule has 0 radical (unpaired) electrons. The highest BCUT2D eigenvalue weighted by atomic mass is 79.9. The first-order valence-corrected chi connectivity index (χ1v) is 16.8. The summed E-state index contributed by atoms with van der Waals surface area (Å²) in [5.41, 5.74) is 2.24. The lowest BCUT2D eigenvalue weighted by molar-refractivity contribution is -0.252. The second-order valence-corrected chi connectivity index (χ2v) is 16.4. The van der Waals surface area contributed by atoms with Gasteiger partial charge in [0.15, 0.2) is 0 Å². The smallest absolute Gasteiger partial charge is 0.316 e. The van der Waals surface area contributed by atoms with E-state index < -0.39 is 0 Å². The van der Waals surface area contributed by atoms with Crippen LogP contribution in [-0.2, 0) is 19.1 Å². The van der Waals surface area contributed by atoms with Gasteiger partial charge in [-0.2, -0.15) is 0 Å². The molecule has 0 saturated heterocycles. The molecular weight excluding hydrogens is 552 g/mol. The van der Waals surface area contributed by atoms with Crippen molar-refractivity contribution in [3.63, 3.8) is 0 Å². The molecule has 0 aromatic rings. The van der Waals surface area contributed by atoms with Crippen molar-refractivity contribution in [3.8, 4) is 0 Å². The van der Waals surface area contributed by atoms with E-state index in [0.717, 1.165) is 25.7 Å². The minimum absolute atomic E-state index is 0.00469. The number of alkyl halides is 1. The molecule has 5 rings (SSSR count). The number of halogens is 1. The zero-order valence-electron chi connectivity index (χ0n) is 25.7. The van der Waals surface area contributed by atoms with Gasteiger partial charge in [0.25, 0.3) is 0 Å². The zero-order valence-corrected chi connectivity index (χ0v) is 27.3. The predicted molar refractivity (Wildman–Crippen MR) is 159 cm³/mol. The Kier molecular flexibility index (Phi) is 7.50. The minimum Gasteiger partial charge on any atom is -0.464 e. The van der Waals surface area contributed by atoms with Crippen LogP contribution in [0.2, 0.25) is 0 Å². The summed E-state index contributed by atoms with van der Waals surface area (Å²) in [6.45, 7) is 21.5. The second kappa shape index (κ2) is 9.87. The van der Waals surface area contributed by atoms with Crippen molar-refractivity contribution in [2.24, 2.45) is 56.7 Å². The van der Waals surface area contributed by atoms with Crippen LogP contribution in [-0.4, -0.2) is 30.0 Å². The third-order valence-corrected chi connectivity index (χ3v) is 14.6. The highest BCUT2D eigenvalue weighted by Crippen LogP contribution is 2.77. The van der Waals surface area contributed by atoms with Crippen LogP contribution in [0.15, 0.2) is 12.2 Å². The number of hydrogen-bond donors (Lipinski definition) is 0. The summed E-state index contributed by atoms with van der Waals surface area (Å²) in [5, 5.41) is 0.271. The van der Waals surface area contributed by atoms with Crippen LogP contribution in [0.5, 0.6) is 0 Å². The van der Waals surface area contributed by atoms with Gasteiger partial charge < -0.3 is 9.47 Å². The van der Waals surface area contributed by atoms with E-state index in [0.29, 0.717) is 36.2 Å². The van der Waals surface area contributed by atoms with Crippen molar-refractivity contribution < 1.29 is 19.1 Å². The zero-order chi connectivity index (χ0) is 28.6. The lowest BCUT2D eigenvalue weighted by Gasteiger charge is -2.73. The molecule has 4 nitrogen and oxygen atoms in total. The summed E-state index contributed by atoms with van der Waals surface area (Å²) < 4.78 is 11.8. The molecule has 5 fully saturated rings. The highest BCUT2D eigenvalue weighted by molar-refractivity contribution is 9.09. The van der Waals surface area contributed by atoms with Gasteiger partial charge in [-0.05, 0) is 117 Å². The Morgan fingerprint density at radius 1 is 0.846 bits per heavy atom. The van der Waals surface area contributed by atoms with Gasteiger partial charge in [0.05, 0.1) is 6.61 Å². The molecule has 0 bridgehead atoms. The molecule has 5 aliphatic rings. The van der Waals surface area contributed by atoms with E-state index in [4.69, 9.17) is 9.47 Å². The summed E-state index contributed by atoms with van der Waals surface area (Å²) >= 11 is 3.30. The average molecular weight is 606 g/mol. The number of fused-ring (bicyclic) bond motifs is 7. The normalized spacial score (nSPS) is 48.1. The van der Waals surface area contributed by atoms with Crippen LogP contribution in [0, 0.1) is 56.7 Å². The van der Waals surface area contributed by atoms with Crippen molar-refractivity contribution >= 4 is 27.9 Å². The molecule has 5 aliphatic carbocycles. The summed E-state index contributed by atoms with van der Waals surface area (Å²) in [7, 11) is 0. The first-order chi connectivity index (χ1) is 18.2. The van der Waals surface area contributed by atoms with Gasteiger partial charge in [0, 0.05) is 17.8 Å². The molecule has 5 heteroatoms. The molecule has 4 unspecified atom stereocenters. The quantitative estimate of drug-likeness (QED) is 0.179. The van der Waals surface area contributed by atoms with E-state index in [9.17, 15) is 9.59 Å². The van der Waals surface area contributed by atoms with Crippen LogP contribution in [0.3, 0.4) is 0 Å². The molecule has 0 N–H and O–H groups in total. The van der Waals surface area contributed by atoms with Crippen molar-refractivity contribution in [2.75, 3.05) is 11.9 Å². The monoisotopic (exact) mass is 604 g/mol. The average Bonchev–Trinajstić information content (AvgIpc) is 3.25. The number of allylic oxidation sites excluding steroid dienone is 1. The van der Waals surface area contributed by atoms with E-state index in [1.807, 2.05) is 0 Å². The first kappa shape index (κ1) is 29.6. The molecule has 0 aromatic heterocycles. The maximum atomic E-state index is 12.2. The van der Waals surface area contributed by atoms with Crippen LogP contribution in [0.25, 0.3) is 0 Å². The molecule has 0 spiro atoms. The fourth-order valence-corrected chi connectivity index (χ4v) is 12.3. The Balaban J connectivity index is 1.48. The third-order valence-electron chi connectivity index (χ3n) is 14.1. The predicted octanol–water partition coefficient (Wildman–Crippen LogP) is 8.51. The maximum absolute atomic E-state index is 12.2. The fourth-order valence-electron chi connectivity index (χ4n) is 12.2. The SMILES string of the molecule is C=C(C)[C@@H]1CC[C@]2(COC(=O)CBr)CC[C@]3(C)C(CCC4[C@@]5(C)CC[C@H](OC(C)=O)C(C)(C)C5CC[C@]43C)C12. The Bertz CT molecular complexity index is 1020. The number of rotatable bonds is 5. The lowest BCUT2D eigenvalue weighted by Crippen LogP contribution is -2.67. The largest absolute Gasteiger partial charge is 0.464 e. The standard InChI is InChI=1S/C34H53BrO4/c1-21(2)23-11-16-34(20-38-28(37)19-35)18-17-32(7)24(29(23)34)9-10-26-31(6)14-13-27(39-22(3)36)30(4,5)25(31)12-15-33(26,32)8/h23-27,29H,1,9-20H2,2-8H3/t23-,24?,25?,26?,27-,29?,31-,32+,33+,34+/m0/s1. The topological polar surface area (TPSA) is 52.6 Å². The molecular formula is C34H53BrO4. The van der Waals surface area contributed by atoms with Crippen LogP contribution in [0.4, 0.5) is 0 Å². The molecule has 39 heavy (non-hydrogen) atoms. The van der Waals surface area contributed by atoms with Crippen LogP contribution < -0.4 is 0 Å². The summed E-state index contributed by atoms with van der Waals surface area (Å²) in [4.78, 5) is 24.2. The van der Waals surface area contributed by atoms with Gasteiger partial charge in [-0.15, -0.1) is 0 Å². The van der Waals surface area contributed by atoms with Crippen molar-refractivity contribution in [1.29, 1.82) is 0 Å². The van der Waals surface area contributed by atoms with E-state index in [2.05, 4.69) is 64.1 Å². The van der Waals surface area contributed by atoms with Gasteiger partial charge in [0.1, 0.15) is 11.4 Å². The van der Waals surface area contributed by atoms with Crippen LogP contribution >= 0.6 is 15.9 Å². The van der Waals surface area contributed by atoms with Gasteiger partial charge in [-0.1, -0.05) is 62.7 Å².